The number of hydrogen-bond donors (Lipinski definition) is 1. The summed E-state index contributed by atoms with van der Waals surface area (Å²) >= 11 is 5.83. The fraction of sp³-hybridized carbons (Fsp3) is 0.278. The first kappa shape index (κ1) is 15.1. The number of rotatable bonds is 3. The van der Waals surface area contributed by atoms with Gasteiger partial charge < -0.3 is 10.1 Å². The van der Waals surface area contributed by atoms with Crippen LogP contribution in [0.25, 0.3) is 6.08 Å². The van der Waals surface area contributed by atoms with E-state index in [1.807, 2.05) is 18.2 Å². The first-order valence-corrected chi connectivity index (χ1v) is 7.89. The van der Waals surface area contributed by atoms with Gasteiger partial charge in [-0.2, -0.15) is 0 Å². The molecule has 22 heavy (non-hydrogen) atoms. The number of benzene rings is 1. The first-order valence-electron chi connectivity index (χ1n) is 7.51. The predicted molar refractivity (Wildman–Crippen MR) is 90.4 cm³/mol. The van der Waals surface area contributed by atoms with Crippen molar-refractivity contribution in [1.82, 2.24) is 10.3 Å². The lowest BCUT2D eigenvalue weighted by Crippen LogP contribution is -2.29. The Balaban J connectivity index is 1.77. The Morgan fingerprint density at radius 3 is 3.00 bits per heavy atom. The zero-order chi connectivity index (χ0) is 15.4. The molecular weight excluding hydrogens is 296 g/mol. The Hall–Kier alpha value is -1.84. The summed E-state index contributed by atoms with van der Waals surface area (Å²) in [6.07, 6.45) is 4.96. The Morgan fingerprint density at radius 1 is 1.32 bits per heavy atom. The average molecular weight is 315 g/mol. The van der Waals surface area contributed by atoms with Crippen molar-refractivity contribution < 1.29 is 4.74 Å². The van der Waals surface area contributed by atoms with Crippen molar-refractivity contribution in [3.05, 3.63) is 58.8 Å². The van der Waals surface area contributed by atoms with E-state index >= 15 is 0 Å². The molecule has 0 bridgehead atoms. The summed E-state index contributed by atoms with van der Waals surface area (Å²) < 4.78 is 5.78. The van der Waals surface area contributed by atoms with Gasteiger partial charge in [-0.15, -0.1) is 0 Å². The van der Waals surface area contributed by atoms with Crippen LogP contribution in [0.1, 0.15) is 18.9 Å². The highest BCUT2D eigenvalue weighted by Crippen LogP contribution is 2.25. The van der Waals surface area contributed by atoms with Gasteiger partial charge in [0.2, 0.25) is 5.88 Å². The molecule has 3 rings (SSSR count). The van der Waals surface area contributed by atoms with Crippen LogP contribution >= 0.6 is 11.6 Å². The zero-order valence-corrected chi connectivity index (χ0v) is 13.3. The summed E-state index contributed by atoms with van der Waals surface area (Å²) in [5, 5.41) is 4.02. The van der Waals surface area contributed by atoms with Crippen molar-refractivity contribution in [3.8, 4) is 11.6 Å². The van der Waals surface area contributed by atoms with Crippen LogP contribution in [0, 0.1) is 5.92 Å². The fourth-order valence-electron chi connectivity index (χ4n) is 2.57. The molecule has 4 heteroatoms. The standard InChI is InChI=1S/C18H19ClN2O/c1-13-11-20-8-7-15(13)9-14-3-2-4-17(10-14)22-18-6-5-16(19)12-21-18/h2-6,9-10,12-13,20H,7-8,11H2,1H3. The Bertz CT molecular complexity index is 667. The third-order valence-corrected chi connectivity index (χ3v) is 4.03. The summed E-state index contributed by atoms with van der Waals surface area (Å²) in [4.78, 5) is 4.15. The van der Waals surface area contributed by atoms with E-state index in [4.69, 9.17) is 16.3 Å². The van der Waals surface area contributed by atoms with Gasteiger partial charge in [-0.3, -0.25) is 0 Å². The molecule has 1 aliphatic rings. The smallest absolute Gasteiger partial charge is 0.219 e. The second-order valence-electron chi connectivity index (χ2n) is 5.56. The fourth-order valence-corrected chi connectivity index (χ4v) is 2.68. The minimum absolute atomic E-state index is 0.546. The molecule has 3 nitrogen and oxygen atoms in total. The molecule has 2 aromatic rings. The van der Waals surface area contributed by atoms with Gasteiger partial charge in [0.25, 0.3) is 0 Å². The lowest BCUT2D eigenvalue weighted by atomic mass is 9.93. The van der Waals surface area contributed by atoms with Crippen LogP contribution < -0.4 is 10.1 Å². The summed E-state index contributed by atoms with van der Waals surface area (Å²) in [6, 6.07) is 11.6. The van der Waals surface area contributed by atoms with Gasteiger partial charge in [0.15, 0.2) is 0 Å². The maximum absolute atomic E-state index is 5.83. The number of piperidine rings is 1. The number of halogens is 1. The quantitative estimate of drug-likeness (QED) is 0.903. The molecule has 0 saturated carbocycles. The van der Waals surface area contributed by atoms with E-state index in [9.17, 15) is 0 Å². The number of hydrogen-bond acceptors (Lipinski definition) is 3. The molecule has 114 valence electrons. The molecule has 0 amide bonds. The van der Waals surface area contributed by atoms with Gasteiger partial charge in [0, 0.05) is 18.8 Å². The number of aromatic nitrogens is 1. The monoisotopic (exact) mass is 314 g/mol. The van der Waals surface area contributed by atoms with E-state index in [0.29, 0.717) is 16.8 Å². The van der Waals surface area contributed by atoms with E-state index in [-0.39, 0.29) is 0 Å². The van der Waals surface area contributed by atoms with Gasteiger partial charge in [0.1, 0.15) is 5.75 Å². The van der Waals surface area contributed by atoms with E-state index in [0.717, 1.165) is 30.8 Å². The van der Waals surface area contributed by atoms with Crippen molar-refractivity contribution in [1.29, 1.82) is 0 Å². The molecular formula is C18H19ClN2O. The minimum Gasteiger partial charge on any atom is -0.439 e. The Labute approximate surface area is 136 Å². The lowest BCUT2D eigenvalue weighted by molar-refractivity contribution is 0.463. The highest BCUT2D eigenvalue weighted by Gasteiger charge is 2.13. The molecule has 1 aromatic carbocycles. The van der Waals surface area contributed by atoms with Gasteiger partial charge in [0.05, 0.1) is 5.02 Å². The summed E-state index contributed by atoms with van der Waals surface area (Å²) in [5.74, 6) is 1.91. The maximum atomic E-state index is 5.83. The normalized spacial score (nSPS) is 20.1. The van der Waals surface area contributed by atoms with Crippen molar-refractivity contribution in [2.75, 3.05) is 13.1 Å². The number of nitrogens with zero attached hydrogens (tertiary/aromatic N) is 1. The number of pyridine rings is 1. The summed E-state index contributed by atoms with van der Waals surface area (Å²) in [7, 11) is 0. The Kier molecular flexibility index (Phi) is 4.76. The SMILES string of the molecule is CC1CNCCC1=Cc1cccc(Oc2ccc(Cl)cn2)c1. The van der Waals surface area contributed by atoms with Gasteiger partial charge in [-0.1, -0.05) is 42.3 Å². The van der Waals surface area contributed by atoms with Crippen LogP contribution in [0.2, 0.25) is 5.02 Å². The van der Waals surface area contributed by atoms with E-state index in [1.54, 1.807) is 18.3 Å². The molecule has 1 fully saturated rings. The summed E-state index contributed by atoms with van der Waals surface area (Å²) in [5.41, 5.74) is 2.65. The number of ether oxygens (including phenoxy) is 1. The van der Waals surface area contributed by atoms with Crippen molar-refractivity contribution in [3.63, 3.8) is 0 Å². The highest BCUT2D eigenvalue weighted by molar-refractivity contribution is 6.30. The second-order valence-corrected chi connectivity index (χ2v) is 6.00. The molecule has 1 unspecified atom stereocenters. The molecule has 1 aromatic heterocycles. The highest BCUT2D eigenvalue weighted by atomic mass is 35.5. The Morgan fingerprint density at radius 2 is 2.23 bits per heavy atom. The van der Waals surface area contributed by atoms with Crippen LogP contribution in [0.3, 0.4) is 0 Å². The van der Waals surface area contributed by atoms with Gasteiger partial charge >= 0.3 is 0 Å². The molecule has 0 aliphatic carbocycles. The molecule has 1 saturated heterocycles. The van der Waals surface area contributed by atoms with Crippen molar-refractivity contribution >= 4 is 17.7 Å². The lowest BCUT2D eigenvalue weighted by Gasteiger charge is -2.23. The van der Waals surface area contributed by atoms with Crippen molar-refractivity contribution in [2.24, 2.45) is 5.92 Å². The molecule has 0 radical (unpaired) electrons. The van der Waals surface area contributed by atoms with E-state index in [2.05, 4.69) is 29.4 Å². The molecule has 1 aliphatic heterocycles. The van der Waals surface area contributed by atoms with Crippen LogP contribution in [-0.4, -0.2) is 18.1 Å². The van der Waals surface area contributed by atoms with Crippen LogP contribution in [0.15, 0.2) is 48.2 Å². The predicted octanol–water partition coefficient (Wildman–Crippen LogP) is 4.54. The average Bonchev–Trinajstić information content (AvgIpc) is 2.52. The molecule has 0 spiro atoms. The van der Waals surface area contributed by atoms with Gasteiger partial charge in [-0.25, -0.2) is 4.98 Å². The van der Waals surface area contributed by atoms with Gasteiger partial charge in [-0.05, 0) is 42.6 Å². The van der Waals surface area contributed by atoms with Crippen LogP contribution in [0.5, 0.6) is 11.6 Å². The van der Waals surface area contributed by atoms with Crippen LogP contribution in [0.4, 0.5) is 0 Å². The molecule has 2 heterocycles. The third-order valence-electron chi connectivity index (χ3n) is 3.81. The van der Waals surface area contributed by atoms with Crippen LogP contribution in [-0.2, 0) is 0 Å². The maximum Gasteiger partial charge on any atom is 0.219 e. The topological polar surface area (TPSA) is 34.1 Å². The second kappa shape index (κ2) is 6.95. The summed E-state index contributed by atoms with van der Waals surface area (Å²) in [6.45, 7) is 4.37. The third kappa shape index (κ3) is 3.87. The zero-order valence-electron chi connectivity index (χ0n) is 12.6. The van der Waals surface area contributed by atoms with E-state index in [1.165, 1.54) is 5.57 Å². The number of nitrogens with one attached hydrogen (secondary N) is 1. The molecule has 1 N–H and O–H groups in total. The molecule has 1 atom stereocenters. The van der Waals surface area contributed by atoms with E-state index < -0.39 is 0 Å². The minimum atomic E-state index is 0.546. The largest absolute Gasteiger partial charge is 0.439 e. The first-order chi connectivity index (χ1) is 10.7. The van der Waals surface area contributed by atoms with Crippen molar-refractivity contribution in [2.45, 2.75) is 13.3 Å².